The molecular weight excluding hydrogens is 558 g/mol. The quantitative estimate of drug-likeness (QED) is 0.339. The third-order valence-electron chi connectivity index (χ3n) is 8.57. The molecule has 2 aliphatic rings. The monoisotopic (exact) mass is 597 g/mol. The molecule has 0 saturated carbocycles. The molecule has 0 unspecified atom stereocenters. The molecule has 2 aliphatic heterocycles. The zero-order chi connectivity index (χ0) is 30.9. The topological polar surface area (TPSA) is 125 Å². The summed E-state index contributed by atoms with van der Waals surface area (Å²) in [5.74, 6) is 0.0812. The molecular formula is C33H39N7O4. The van der Waals surface area contributed by atoms with E-state index in [-0.39, 0.29) is 29.5 Å². The highest BCUT2D eigenvalue weighted by Crippen LogP contribution is 2.41. The van der Waals surface area contributed by atoms with Crippen LogP contribution in [0.2, 0.25) is 0 Å². The van der Waals surface area contributed by atoms with Crippen LogP contribution in [0.1, 0.15) is 45.7 Å². The molecule has 0 atom stereocenters. The fraction of sp³-hybridized carbons (Fsp3) is 0.424. The van der Waals surface area contributed by atoms with Crippen molar-refractivity contribution in [1.82, 2.24) is 29.7 Å². The number of amides is 2. The molecule has 0 aliphatic carbocycles. The van der Waals surface area contributed by atoms with Crippen molar-refractivity contribution in [3.8, 4) is 11.3 Å². The normalized spacial score (nSPS) is 16.4. The van der Waals surface area contributed by atoms with Crippen LogP contribution in [0.5, 0.6) is 0 Å². The number of fused-ring (bicyclic) bond motifs is 1. The van der Waals surface area contributed by atoms with Crippen molar-refractivity contribution in [3.05, 3.63) is 77.1 Å². The number of carbonyl (C=O) groups excluding carboxylic acids is 2. The van der Waals surface area contributed by atoms with E-state index in [2.05, 4.69) is 20.3 Å². The van der Waals surface area contributed by atoms with Crippen LogP contribution in [-0.2, 0) is 22.6 Å². The Morgan fingerprint density at radius 3 is 2.52 bits per heavy atom. The summed E-state index contributed by atoms with van der Waals surface area (Å²) >= 11 is 0. The number of benzene rings is 1. The summed E-state index contributed by atoms with van der Waals surface area (Å²) in [5.41, 5.74) is 2.39. The number of aromatic nitrogens is 4. The number of hydrogen-bond donors (Lipinski definition) is 2. The van der Waals surface area contributed by atoms with Gasteiger partial charge in [-0.25, -0.2) is 9.78 Å². The first-order valence-corrected chi connectivity index (χ1v) is 15.2. The lowest BCUT2D eigenvalue weighted by atomic mass is 9.78. The van der Waals surface area contributed by atoms with Crippen molar-refractivity contribution in [2.75, 3.05) is 31.1 Å². The van der Waals surface area contributed by atoms with Gasteiger partial charge in [0.05, 0.1) is 18.4 Å². The van der Waals surface area contributed by atoms with Gasteiger partial charge in [-0.15, -0.1) is 0 Å². The average Bonchev–Trinajstić information content (AvgIpc) is 3.61. The number of nitrogens with one attached hydrogen (secondary N) is 2. The minimum absolute atomic E-state index is 0.00203. The summed E-state index contributed by atoms with van der Waals surface area (Å²) in [6, 6.07) is 13.4. The van der Waals surface area contributed by atoms with Crippen molar-refractivity contribution < 1.29 is 14.3 Å². The van der Waals surface area contributed by atoms with Crippen LogP contribution in [0, 0.1) is 5.41 Å². The van der Waals surface area contributed by atoms with Gasteiger partial charge in [0, 0.05) is 55.2 Å². The van der Waals surface area contributed by atoms with E-state index in [0.717, 1.165) is 41.4 Å². The molecule has 3 aromatic heterocycles. The van der Waals surface area contributed by atoms with E-state index in [1.54, 1.807) is 23.5 Å². The van der Waals surface area contributed by atoms with E-state index in [4.69, 9.17) is 4.74 Å². The second-order valence-electron chi connectivity index (χ2n) is 12.9. The summed E-state index contributed by atoms with van der Waals surface area (Å²) in [6.07, 6.45) is 7.50. The lowest BCUT2D eigenvalue weighted by Gasteiger charge is -2.39. The molecule has 11 heteroatoms. The van der Waals surface area contributed by atoms with E-state index < -0.39 is 5.60 Å². The standard InChI is InChI=1S/C33H39N7O4/c1-32(2,3)44-31(43)38-14-10-33(11-15-38)12-16-39(22-33)29-30(42)40(27(20-36-29)23-7-5-4-6-8-23)21-28(41)35-19-25-17-24-18-34-13-9-26(24)37-25/h4-9,13,17-18,20,37H,10-12,14-16,19,21-22H2,1-3H3,(H,35,41). The second kappa shape index (κ2) is 11.8. The number of anilines is 1. The number of H-pyrrole nitrogens is 1. The molecule has 2 saturated heterocycles. The van der Waals surface area contributed by atoms with Gasteiger partial charge < -0.3 is 24.8 Å². The summed E-state index contributed by atoms with van der Waals surface area (Å²) in [7, 11) is 0. The van der Waals surface area contributed by atoms with Crippen LogP contribution in [0.4, 0.5) is 10.6 Å². The van der Waals surface area contributed by atoms with Crippen LogP contribution in [0.25, 0.3) is 22.2 Å². The molecule has 11 nitrogen and oxygen atoms in total. The van der Waals surface area contributed by atoms with Crippen molar-refractivity contribution in [2.24, 2.45) is 5.41 Å². The van der Waals surface area contributed by atoms with E-state index in [1.165, 1.54) is 4.57 Å². The van der Waals surface area contributed by atoms with Crippen LogP contribution in [-0.4, -0.2) is 68.2 Å². The maximum absolute atomic E-state index is 14.0. The smallest absolute Gasteiger partial charge is 0.410 e. The Labute approximate surface area is 256 Å². The number of hydrogen-bond acceptors (Lipinski definition) is 7. The fourth-order valence-electron chi connectivity index (χ4n) is 6.23. The predicted octanol–water partition coefficient (Wildman–Crippen LogP) is 4.33. The minimum atomic E-state index is -0.529. The zero-order valence-corrected chi connectivity index (χ0v) is 25.5. The van der Waals surface area contributed by atoms with Gasteiger partial charge in [0.25, 0.3) is 5.56 Å². The Morgan fingerprint density at radius 1 is 1.05 bits per heavy atom. The van der Waals surface area contributed by atoms with Crippen molar-refractivity contribution in [1.29, 1.82) is 0 Å². The highest BCUT2D eigenvalue weighted by molar-refractivity contribution is 5.80. The molecule has 1 spiro atoms. The zero-order valence-electron chi connectivity index (χ0n) is 25.5. The van der Waals surface area contributed by atoms with Gasteiger partial charge in [0.1, 0.15) is 12.1 Å². The molecule has 44 heavy (non-hydrogen) atoms. The van der Waals surface area contributed by atoms with Crippen molar-refractivity contribution >= 4 is 28.7 Å². The molecule has 0 bridgehead atoms. The highest BCUT2D eigenvalue weighted by Gasteiger charge is 2.43. The third-order valence-corrected chi connectivity index (χ3v) is 8.57. The Balaban J connectivity index is 1.18. The molecule has 2 fully saturated rings. The van der Waals surface area contributed by atoms with Gasteiger partial charge >= 0.3 is 6.09 Å². The van der Waals surface area contributed by atoms with Crippen molar-refractivity contribution in [3.63, 3.8) is 0 Å². The average molecular weight is 598 g/mol. The number of nitrogens with zero attached hydrogens (tertiary/aromatic N) is 5. The number of aromatic amines is 1. The van der Waals surface area contributed by atoms with Crippen LogP contribution >= 0.6 is 0 Å². The van der Waals surface area contributed by atoms with Gasteiger partial charge in [-0.2, -0.15) is 0 Å². The predicted molar refractivity (Wildman–Crippen MR) is 168 cm³/mol. The second-order valence-corrected chi connectivity index (χ2v) is 12.9. The van der Waals surface area contributed by atoms with Crippen LogP contribution in [0.3, 0.4) is 0 Å². The molecule has 1 aromatic carbocycles. The first-order chi connectivity index (χ1) is 21.1. The van der Waals surface area contributed by atoms with Gasteiger partial charge in [0.15, 0.2) is 5.82 Å². The van der Waals surface area contributed by atoms with Gasteiger partial charge in [-0.05, 0) is 63.1 Å². The van der Waals surface area contributed by atoms with E-state index in [0.29, 0.717) is 44.2 Å². The third kappa shape index (κ3) is 6.31. The first-order valence-electron chi connectivity index (χ1n) is 15.2. The van der Waals surface area contributed by atoms with Crippen LogP contribution in [0.15, 0.2) is 65.8 Å². The lowest BCUT2D eigenvalue weighted by Crippen LogP contribution is -2.46. The Kier molecular flexibility index (Phi) is 7.87. The molecule has 4 aromatic rings. The first kappa shape index (κ1) is 29.4. The number of ether oxygens (including phenoxy) is 1. The Hall–Kier alpha value is -4.67. The number of pyridine rings is 1. The van der Waals surface area contributed by atoms with E-state index >= 15 is 0 Å². The minimum Gasteiger partial charge on any atom is -0.444 e. The summed E-state index contributed by atoms with van der Waals surface area (Å²) in [6.45, 7) is 8.42. The van der Waals surface area contributed by atoms with E-state index in [9.17, 15) is 14.4 Å². The van der Waals surface area contributed by atoms with E-state index in [1.807, 2.05) is 68.1 Å². The van der Waals surface area contributed by atoms with Gasteiger partial charge in [-0.1, -0.05) is 30.3 Å². The van der Waals surface area contributed by atoms with Gasteiger partial charge in [-0.3, -0.25) is 19.1 Å². The maximum atomic E-state index is 14.0. The molecule has 5 heterocycles. The SMILES string of the molecule is CC(C)(C)OC(=O)N1CCC2(CC1)CCN(c1ncc(-c3ccccc3)n(CC(=O)NCc3cc4cnccc4[nH]3)c1=O)C2. The molecule has 6 rings (SSSR count). The largest absolute Gasteiger partial charge is 0.444 e. The fourth-order valence-corrected chi connectivity index (χ4v) is 6.23. The number of piperidine rings is 1. The molecule has 2 N–H and O–H groups in total. The maximum Gasteiger partial charge on any atom is 0.410 e. The molecule has 2 amide bonds. The highest BCUT2D eigenvalue weighted by atomic mass is 16.6. The summed E-state index contributed by atoms with van der Waals surface area (Å²) in [4.78, 5) is 55.7. The lowest BCUT2D eigenvalue weighted by molar-refractivity contribution is -0.121. The molecule has 0 radical (unpaired) electrons. The Bertz CT molecular complexity index is 1680. The van der Waals surface area contributed by atoms with Crippen molar-refractivity contribution in [2.45, 2.75) is 58.7 Å². The number of likely N-dealkylation sites (tertiary alicyclic amines) is 1. The number of carbonyl (C=O) groups is 2. The van der Waals surface area contributed by atoms with Crippen LogP contribution < -0.4 is 15.8 Å². The van der Waals surface area contributed by atoms with Gasteiger partial charge in [0.2, 0.25) is 5.91 Å². The summed E-state index contributed by atoms with van der Waals surface area (Å²) < 4.78 is 7.09. The molecule has 230 valence electrons. The Morgan fingerprint density at radius 2 is 1.80 bits per heavy atom. The number of rotatable bonds is 6. The summed E-state index contributed by atoms with van der Waals surface area (Å²) in [5, 5.41) is 3.92.